The molecule has 3 aromatic rings. The number of nitrogens with zero attached hydrogens (tertiary/aromatic N) is 4. The minimum atomic E-state index is -1.13. The van der Waals surface area contributed by atoms with Gasteiger partial charge in [0.05, 0.1) is 28.6 Å². The van der Waals surface area contributed by atoms with E-state index in [4.69, 9.17) is 9.72 Å². The van der Waals surface area contributed by atoms with Crippen LogP contribution in [-0.2, 0) is 14.3 Å². The number of para-hydroxylation sites is 2. The van der Waals surface area contributed by atoms with Crippen LogP contribution in [0.5, 0.6) is 0 Å². The second-order valence-electron chi connectivity index (χ2n) is 7.64. The van der Waals surface area contributed by atoms with Gasteiger partial charge < -0.3 is 9.30 Å². The van der Waals surface area contributed by atoms with Gasteiger partial charge in [-0.2, -0.15) is 0 Å². The highest BCUT2D eigenvalue weighted by Gasteiger charge is 2.47. The number of fused-ring (bicyclic) bond motifs is 3. The van der Waals surface area contributed by atoms with Gasteiger partial charge in [-0.3, -0.25) is 24.6 Å². The van der Waals surface area contributed by atoms with Gasteiger partial charge in [-0.25, -0.2) is 4.98 Å². The fraction of sp³-hybridized carbons (Fsp3) is 0.348. The number of carbonyl (C=O) groups is 2. The number of esters is 1. The fourth-order valence-electron chi connectivity index (χ4n) is 4.17. The van der Waals surface area contributed by atoms with Gasteiger partial charge in [0.15, 0.2) is 5.92 Å². The summed E-state index contributed by atoms with van der Waals surface area (Å²) >= 11 is 0. The molecule has 1 aliphatic rings. The summed E-state index contributed by atoms with van der Waals surface area (Å²) in [6, 6.07) is 12.7. The topological polar surface area (TPSA) is 108 Å². The number of benzene rings is 2. The Balaban J connectivity index is 1.95. The van der Waals surface area contributed by atoms with Crippen LogP contribution in [0, 0.1) is 16.0 Å². The van der Waals surface area contributed by atoms with Crippen molar-refractivity contribution >= 4 is 34.5 Å². The Morgan fingerprint density at radius 3 is 2.53 bits per heavy atom. The van der Waals surface area contributed by atoms with E-state index < -0.39 is 22.9 Å². The number of amides is 1. The molecule has 0 unspecified atom stereocenters. The second-order valence-corrected chi connectivity index (χ2v) is 7.64. The predicted octanol–water partition coefficient (Wildman–Crippen LogP) is 3.86. The highest BCUT2D eigenvalue weighted by atomic mass is 16.6. The molecule has 4 rings (SSSR count). The van der Waals surface area contributed by atoms with Crippen molar-refractivity contribution in [3.63, 3.8) is 0 Å². The zero-order valence-corrected chi connectivity index (χ0v) is 17.9. The summed E-state index contributed by atoms with van der Waals surface area (Å²) < 4.78 is 7.18. The molecule has 0 fully saturated rings. The molecule has 0 bridgehead atoms. The van der Waals surface area contributed by atoms with E-state index in [0.29, 0.717) is 23.6 Å². The van der Waals surface area contributed by atoms with E-state index in [0.717, 1.165) is 18.4 Å². The lowest BCUT2D eigenvalue weighted by atomic mass is 9.89. The smallest absolute Gasteiger partial charge is 0.321 e. The maximum atomic E-state index is 13.6. The molecule has 2 atom stereocenters. The van der Waals surface area contributed by atoms with Gasteiger partial charge in [0.2, 0.25) is 11.9 Å². The van der Waals surface area contributed by atoms with Crippen molar-refractivity contribution in [1.29, 1.82) is 0 Å². The molecule has 1 aromatic heterocycles. The zero-order valence-electron chi connectivity index (χ0n) is 17.9. The molecule has 2 heterocycles. The SMILES string of the molecule is CCCCN1C(=O)[C@@H](C(=O)OCC)[C@H](c2ccc([N+](=O)[O-])cc2)n2c1nc1ccccc12. The second kappa shape index (κ2) is 8.78. The summed E-state index contributed by atoms with van der Waals surface area (Å²) in [7, 11) is 0. The maximum Gasteiger partial charge on any atom is 0.321 e. The molecule has 166 valence electrons. The third kappa shape index (κ3) is 3.59. The van der Waals surface area contributed by atoms with Gasteiger partial charge in [0.1, 0.15) is 0 Å². The highest BCUT2D eigenvalue weighted by Crippen LogP contribution is 2.41. The number of unbranched alkanes of at least 4 members (excludes halogenated alkanes) is 1. The molecule has 0 N–H and O–H groups in total. The molecule has 0 saturated heterocycles. The maximum absolute atomic E-state index is 13.6. The molecule has 1 aliphatic heterocycles. The lowest BCUT2D eigenvalue weighted by Gasteiger charge is -2.37. The van der Waals surface area contributed by atoms with E-state index in [1.807, 2.05) is 35.8 Å². The van der Waals surface area contributed by atoms with Crippen LogP contribution in [0.3, 0.4) is 0 Å². The number of imidazole rings is 1. The summed E-state index contributed by atoms with van der Waals surface area (Å²) in [5.41, 5.74) is 2.01. The highest BCUT2D eigenvalue weighted by molar-refractivity contribution is 6.08. The van der Waals surface area contributed by atoms with Crippen LogP contribution >= 0.6 is 0 Å². The number of ether oxygens (including phenoxy) is 1. The van der Waals surface area contributed by atoms with Crippen LogP contribution in [0.1, 0.15) is 38.3 Å². The Hall–Kier alpha value is -3.75. The van der Waals surface area contributed by atoms with Gasteiger partial charge in [-0.1, -0.05) is 37.6 Å². The normalized spacial score (nSPS) is 17.9. The van der Waals surface area contributed by atoms with E-state index in [-0.39, 0.29) is 18.2 Å². The summed E-state index contributed by atoms with van der Waals surface area (Å²) in [5, 5.41) is 11.1. The number of hydrogen-bond acceptors (Lipinski definition) is 6. The van der Waals surface area contributed by atoms with Gasteiger partial charge >= 0.3 is 5.97 Å². The number of rotatable bonds is 7. The van der Waals surface area contributed by atoms with Crippen LogP contribution in [0.4, 0.5) is 11.6 Å². The van der Waals surface area contributed by atoms with E-state index in [1.165, 1.54) is 12.1 Å². The van der Waals surface area contributed by atoms with Crippen LogP contribution < -0.4 is 4.90 Å². The molecule has 0 spiro atoms. The molecule has 1 amide bonds. The predicted molar refractivity (Wildman–Crippen MR) is 118 cm³/mol. The number of aromatic nitrogens is 2. The number of carbonyl (C=O) groups excluding carboxylic acids is 2. The third-order valence-corrected chi connectivity index (χ3v) is 5.67. The van der Waals surface area contributed by atoms with Crippen molar-refractivity contribution in [2.75, 3.05) is 18.1 Å². The van der Waals surface area contributed by atoms with Crippen molar-refractivity contribution in [3.05, 3.63) is 64.2 Å². The molecule has 0 radical (unpaired) electrons. The number of non-ortho nitro benzene ring substituents is 1. The first kappa shape index (κ1) is 21.5. The molecule has 0 saturated carbocycles. The number of nitro benzene ring substituents is 1. The van der Waals surface area contributed by atoms with Crippen molar-refractivity contribution in [2.45, 2.75) is 32.7 Å². The largest absolute Gasteiger partial charge is 0.465 e. The molecule has 2 aromatic carbocycles. The molecule has 32 heavy (non-hydrogen) atoms. The molecular weight excluding hydrogens is 412 g/mol. The monoisotopic (exact) mass is 436 g/mol. The van der Waals surface area contributed by atoms with Crippen LogP contribution in [0.15, 0.2) is 48.5 Å². The van der Waals surface area contributed by atoms with Gasteiger partial charge in [-0.05, 0) is 31.0 Å². The Kier molecular flexibility index (Phi) is 5.89. The van der Waals surface area contributed by atoms with E-state index in [2.05, 4.69) is 0 Å². The van der Waals surface area contributed by atoms with Crippen LogP contribution in [0.25, 0.3) is 11.0 Å². The number of anilines is 1. The molecular formula is C23H24N4O5. The lowest BCUT2D eigenvalue weighted by molar-refractivity contribution is -0.384. The lowest BCUT2D eigenvalue weighted by Crippen LogP contribution is -2.50. The number of hydrogen-bond donors (Lipinski definition) is 0. The van der Waals surface area contributed by atoms with Crippen molar-refractivity contribution in [2.24, 2.45) is 5.92 Å². The van der Waals surface area contributed by atoms with Crippen LogP contribution in [-0.4, -0.2) is 39.5 Å². The van der Waals surface area contributed by atoms with Gasteiger partial charge in [-0.15, -0.1) is 0 Å². The summed E-state index contributed by atoms with van der Waals surface area (Å²) in [4.78, 5) is 43.6. The first-order valence-electron chi connectivity index (χ1n) is 10.7. The van der Waals surface area contributed by atoms with Crippen LogP contribution in [0.2, 0.25) is 0 Å². The van der Waals surface area contributed by atoms with Crippen molar-refractivity contribution in [3.8, 4) is 0 Å². The minimum Gasteiger partial charge on any atom is -0.465 e. The van der Waals surface area contributed by atoms with Crippen molar-refractivity contribution in [1.82, 2.24) is 9.55 Å². The van der Waals surface area contributed by atoms with E-state index in [9.17, 15) is 19.7 Å². The molecule has 9 nitrogen and oxygen atoms in total. The molecule has 9 heteroatoms. The fourth-order valence-corrected chi connectivity index (χ4v) is 4.17. The van der Waals surface area contributed by atoms with Gasteiger partial charge in [0.25, 0.3) is 5.69 Å². The first-order valence-corrected chi connectivity index (χ1v) is 10.7. The average Bonchev–Trinajstić information content (AvgIpc) is 3.17. The Labute approximate surface area is 184 Å². The molecule has 0 aliphatic carbocycles. The van der Waals surface area contributed by atoms with Crippen molar-refractivity contribution < 1.29 is 19.2 Å². The quantitative estimate of drug-likeness (QED) is 0.241. The van der Waals surface area contributed by atoms with Gasteiger partial charge in [0, 0.05) is 18.7 Å². The minimum absolute atomic E-state index is 0.0659. The number of nitro groups is 1. The average molecular weight is 436 g/mol. The first-order chi connectivity index (χ1) is 15.5. The summed E-state index contributed by atoms with van der Waals surface area (Å²) in [6.07, 6.45) is 1.63. The summed E-state index contributed by atoms with van der Waals surface area (Å²) in [6.45, 7) is 4.29. The summed E-state index contributed by atoms with van der Waals surface area (Å²) in [5.74, 6) is -1.65. The Morgan fingerprint density at radius 2 is 1.88 bits per heavy atom. The Bertz CT molecular complexity index is 1170. The third-order valence-electron chi connectivity index (χ3n) is 5.67. The van der Waals surface area contributed by atoms with E-state index >= 15 is 0 Å². The standard InChI is InChI=1S/C23H24N4O5/c1-3-5-14-25-21(28)19(22(29)32-4-2)20(15-10-12-16(13-11-15)27(30)31)26-18-9-7-6-8-17(18)24-23(25)26/h6-13,19-20H,3-5,14H2,1-2H3/t19-,20-/m0/s1. The van der Waals surface area contributed by atoms with E-state index in [1.54, 1.807) is 24.0 Å². The zero-order chi connectivity index (χ0) is 22.8. The Morgan fingerprint density at radius 1 is 1.16 bits per heavy atom.